The maximum atomic E-state index is 12.8. The van der Waals surface area contributed by atoms with E-state index in [4.69, 9.17) is 9.84 Å². The Morgan fingerprint density at radius 2 is 2.00 bits per heavy atom. The zero-order valence-corrected chi connectivity index (χ0v) is 13.4. The van der Waals surface area contributed by atoms with Crippen LogP contribution in [0.3, 0.4) is 0 Å². The Labute approximate surface area is 146 Å². The Balaban J connectivity index is 2.40. The molecule has 1 aromatic carbocycles. The average molecular weight is 363 g/mol. The van der Waals surface area contributed by atoms with Crippen molar-refractivity contribution in [2.75, 3.05) is 7.11 Å². The summed E-state index contributed by atoms with van der Waals surface area (Å²) in [7, 11) is 1.30. The van der Waals surface area contributed by atoms with Gasteiger partial charge in [0.2, 0.25) is 0 Å². The first-order chi connectivity index (χ1) is 12.3. The second-order valence-electron chi connectivity index (χ2n) is 4.81. The standard InChI is InChI=1S/C17H12F3N3O3/c1-26-15-4-3-12(17(18,19)20)8-14(15)23-10-22-13-6-7-21-9-11(13)2-5-16(24)25/h2-9H,1H3,(H,24,25). The first-order valence-electron chi connectivity index (χ1n) is 7.08. The number of ether oxygens (including phenoxy) is 1. The lowest BCUT2D eigenvalue weighted by Gasteiger charge is -2.09. The number of pyridine rings is 1. The minimum absolute atomic E-state index is 0.0947. The van der Waals surface area contributed by atoms with Gasteiger partial charge in [-0.25, -0.2) is 4.79 Å². The molecule has 0 atom stereocenters. The van der Waals surface area contributed by atoms with Crippen LogP contribution in [0.25, 0.3) is 6.08 Å². The fourth-order valence-corrected chi connectivity index (χ4v) is 1.88. The molecular formula is C17H12F3N3O3. The molecule has 1 N–H and O–H groups in total. The molecule has 2 aromatic rings. The van der Waals surface area contributed by atoms with Gasteiger partial charge in [-0.15, -0.1) is 0 Å². The van der Waals surface area contributed by atoms with E-state index in [1.54, 1.807) is 0 Å². The van der Waals surface area contributed by atoms with Crippen molar-refractivity contribution in [3.63, 3.8) is 0 Å². The van der Waals surface area contributed by atoms with Crippen LogP contribution in [0.5, 0.6) is 5.75 Å². The van der Waals surface area contributed by atoms with Gasteiger partial charge in [-0.05, 0) is 30.3 Å². The molecule has 9 heteroatoms. The SMILES string of the molecule is COc1ccc(C(F)(F)F)cc1N=C=Nc1ccncc1C=CC(=O)O. The number of methoxy groups -OCH3 is 1. The molecule has 1 heterocycles. The van der Waals surface area contributed by atoms with E-state index >= 15 is 0 Å². The van der Waals surface area contributed by atoms with E-state index in [-0.39, 0.29) is 11.4 Å². The van der Waals surface area contributed by atoms with Crippen LogP contribution < -0.4 is 4.74 Å². The lowest BCUT2D eigenvalue weighted by molar-refractivity contribution is -0.137. The number of benzene rings is 1. The fourth-order valence-electron chi connectivity index (χ4n) is 1.88. The highest BCUT2D eigenvalue weighted by Crippen LogP contribution is 2.36. The van der Waals surface area contributed by atoms with Crippen LogP contribution >= 0.6 is 0 Å². The second kappa shape index (κ2) is 8.09. The number of carbonyl (C=O) groups is 1. The lowest BCUT2D eigenvalue weighted by atomic mass is 10.2. The monoisotopic (exact) mass is 363 g/mol. The van der Waals surface area contributed by atoms with Gasteiger partial charge in [0.05, 0.1) is 18.4 Å². The number of carboxylic acids is 1. The van der Waals surface area contributed by atoms with Crippen LogP contribution in [-0.4, -0.2) is 29.2 Å². The number of alkyl halides is 3. The van der Waals surface area contributed by atoms with Crippen molar-refractivity contribution in [3.05, 3.63) is 53.9 Å². The topological polar surface area (TPSA) is 84.1 Å². The lowest BCUT2D eigenvalue weighted by Crippen LogP contribution is -2.04. The van der Waals surface area contributed by atoms with Crippen molar-refractivity contribution in [1.29, 1.82) is 0 Å². The molecule has 0 radical (unpaired) electrons. The van der Waals surface area contributed by atoms with Gasteiger partial charge in [0.1, 0.15) is 17.4 Å². The number of aliphatic carboxylic acids is 1. The minimum atomic E-state index is -4.52. The summed E-state index contributed by atoms with van der Waals surface area (Å²) in [6.45, 7) is 0. The minimum Gasteiger partial charge on any atom is -0.494 e. The Kier molecular flexibility index (Phi) is 5.87. The van der Waals surface area contributed by atoms with Crippen molar-refractivity contribution in [1.82, 2.24) is 4.98 Å². The summed E-state index contributed by atoms with van der Waals surface area (Å²) in [6, 6.07) is 6.62. The molecule has 0 aliphatic rings. The third-order valence-electron chi connectivity index (χ3n) is 3.08. The predicted octanol–water partition coefficient (Wildman–Crippen LogP) is 4.34. The summed E-state index contributed by atoms with van der Waals surface area (Å²) < 4.78 is 43.4. The Morgan fingerprint density at radius 3 is 2.65 bits per heavy atom. The zero-order chi connectivity index (χ0) is 19.2. The van der Waals surface area contributed by atoms with Gasteiger partial charge in [0.25, 0.3) is 0 Å². The third-order valence-corrected chi connectivity index (χ3v) is 3.08. The average Bonchev–Trinajstić information content (AvgIpc) is 2.60. The zero-order valence-electron chi connectivity index (χ0n) is 13.4. The van der Waals surface area contributed by atoms with E-state index in [9.17, 15) is 18.0 Å². The van der Waals surface area contributed by atoms with Crippen molar-refractivity contribution >= 4 is 29.4 Å². The molecule has 0 fully saturated rings. The molecule has 0 aliphatic heterocycles. The summed E-state index contributed by atoms with van der Waals surface area (Å²) >= 11 is 0. The molecule has 134 valence electrons. The summed E-state index contributed by atoms with van der Waals surface area (Å²) in [6.07, 6.45) is 0.464. The Morgan fingerprint density at radius 1 is 1.27 bits per heavy atom. The van der Waals surface area contributed by atoms with E-state index in [1.807, 2.05) is 0 Å². The number of carboxylic acid groups (broad SMARTS) is 1. The van der Waals surface area contributed by atoms with E-state index in [2.05, 4.69) is 21.0 Å². The van der Waals surface area contributed by atoms with E-state index in [1.165, 1.54) is 31.6 Å². The summed E-state index contributed by atoms with van der Waals surface area (Å²) in [4.78, 5) is 22.1. The quantitative estimate of drug-likeness (QED) is 0.632. The van der Waals surface area contributed by atoms with E-state index in [0.717, 1.165) is 24.3 Å². The summed E-state index contributed by atoms with van der Waals surface area (Å²) in [5, 5.41) is 8.66. The van der Waals surface area contributed by atoms with Crippen LogP contribution in [0.4, 0.5) is 24.5 Å². The molecule has 6 nitrogen and oxygen atoms in total. The first kappa shape index (κ1) is 18.9. The summed E-state index contributed by atoms with van der Waals surface area (Å²) in [5.74, 6) is -1.02. The van der Waals surface area contributed by atoms with Crippen LogP contribution in [0.15, 0.2) is 52.7 Å². The molecule has 0 saturated heterocycles. The van der Waals surface area contributed by atoms with E-state index < -0.39 is 17.7 Å². The van der Waals surface area contributed by atoms with Gasteiger partial charge >= 0.3 is 12.1 Å². The third kappa shape index (κ3) is 5.02. The van der Waals surface area contributed by atoms with Crippen molar-refractivity contribution in [3.8, 4) is 5.75 Å². The highest BCUT2D eigenvalue weighted by molar-refractivity contribution is 5.86. The second-order valence-corrected chi connectivity index (χ2v) is 4.81. The van der Waals surface area contributed by atoms with Crippen molar-refractivity contribution in [2.24, 2.45) is 9.98 Å². The molecule has 2 rings (SSSR count). The summed E-state index contributed by atoms with van der Waals surface area (Å²) in [5.41, 5.74) is -0.295. The normalized spacial score (nSPS) is 11.1. The Bertz CT molecular complexity index is 902. The predicted molar refractivity (Wildman–Crippen MR) is 88.1 cm³/mol. The number of hydrogen-bond acceptors (Lipinski definition) is 5. The van der Waals surface area contributed by atoms with Gasteiger partial charge in [0.15, 0.2) is 0 Å². The highest BCUT2D eigenvalue weighted by atomic mass is 19.4. The number of nitrogens with zero attached hydrogens (tertiary/aromatic N) is 3. The maximum absolute atomic E-state index is 12.8. The fraction of sp³-hybridized carbons (Fsp3) is 0.118. The highest BCUT2D eigenvalue weighted by Gasteiger charge is 2.31. The van der Waals surface area contributed by atoms with Gasteiger partial charge in [-0.2, -0.15) is 23.2 Å². The van der Waals surface area contributed by atoms with Crippen molar-refractivity contribution in [2.45, 2.75) is 6.18 Å². The molecule has 26 heavy (non-hydrogen) atoms. The molecule has 0 aliphatic carbocycles. The molecule has 0 spiro atoms. The molecular weight excluding hydrogens is 351 g/mol. The van der Waals surface area contributed by atoms with Gasteiger partial charge < -0.3 is 9.84 Å². The van der Waals surface area contributed by atoms with Crippen LogP contribution in [0, 0.1) is 0 Å². The number of aromatic nitrogens is 1. The number of aliphatic imine (C=N–C) groups is 2. The molecule has 1 aromatic heterocycles. The van der Waals surface area contributed by atoms with Crippen LogP contribution in [0.2, 0.25) is 0 Å². The van der Waals surface area contributed by atoms with Crippen LogP contribution in [-0.2, 0) is 11.0 Å². The molecule has 0 unspecified atom stereocenters. The molecule has 0 bridgehead atoms. The van der Waals surface area contributed by atoms with Gasteiger partial charge in [0, 0.05) is 24.0 Å². The molecule has 0 amide bonds. The van der Waals surface area contributed by atoms with Crippen LogP contribution in [0.1, 0.15) is 11.1 Å². The number of hydrogen-bond donors (Lipinski definition) is 1. The Hall–Kier alpha value is -3.45. The first-order valence-corrected chi connectivity index (χ1v) is 7.08. The number of halogens is 3. The van der Waals surface area contributed by atoms with Gasteiger partial charge in [-0.3, -0.25) is 4.98 Å². The molecule has 0 saturated carbocycles. The maximum Gasteiger partial charge on any atom is 0.416 e. The van der Waals surface area contributed by atoms with Crippen molar-refractivity contribution < 1.29 is 27.8 Å². The van der Waals surface area contributed by atoms with E-state index in [0.29, 0.717) is 11.3 Å². The van der Waals surface area contributed by atoms with Gasteiger partial charge in [-0.1, -0.05) is 0 Å². The largest absolute Gasteiger partial charge is 0.494 e. The smallest absolute Gasteiger partial charge is 0.416 e. The number of rotatable bonds is 5.